The van der Waals surface area contributed by atoms with Crippen molar-refractivity contribution >= 4 is 0 Å². The van der Waals surface area contributed by atoms with Crippen LogP contribution in [0.3, 0.4) is 0 Å². The second-order valence-corrected chi connectivity index (χ2v) is 7.07. The Morgan fingerprint density at radius 3 is 2.47 bits per heavy atom. The third-order valence-electron chi connectivity index (χ3n) is 5.67. The number of ether oxygens (including phenoxy) is 3. The first-order valence-electron chi connectivity index (χ1n) is 8.24. The third-order valence-corrected chi connectivity index (χ3v) is 5.67. The summed E-state index contributed by atoms with van der Waals surface area (Å²) in [6.07, 6.45) is 12.9. The fourth-order valence-corrected chi connectivity index (χ4v) is 4.34. The fraction of sp³-hybridized carbons (Fsp3) is 1.00. The molecule has 2 aliphatic heterocycles. The van der Waals surface area contributed by atoms with Crippen LogP contribution in [0.25, 0.3) is 0 Å². The van der Waals surface area contributed by atoms with Crippen LogP contribution in [0.15, 0.2) is 0 Å². The molecule has 3 heteroatoms. The highest BCUT2D eigenvalue weighted by Gasteiger charge is 2.48. The summed E-state index contributed by atoms with van der Waals surface area (Å²) in [7, 11) is 0. The Labute approximate surface area is 116 Å². The summed E-state index contributed by atoms with van der Waals surface area (Å²) < 4.78 is 17.7. The minimum Gasteiger partial charge on any atom is -0.378 e. The molecule has 108 valence electrons. The van der Waals surface area contributed by atoms with Crippen molar-refractivity contribution in [2.75, 3.05) is 13.2 Å². The Bertz CT molecular complexity index is 301. The van der Waals surface area contributed by atoms with E-state index in [1.807, 2.05) is 0 Å². The molecular weight excluding hydrogens is 240 g/mol. The second kappa shape index (κ2) is 5.01. The predicted octanol–water partition coefficient (Wildman–Crippen LogP) is 3.06. The van der Waals surface area contributed by atoms with E-state index in [4.69, 9.17) is 14.2 Å². The zero-order valence-corrected chi connectivity index (χ0v) is 11.8. The Hall–Kier alpha value is -0.120. The first-order valence-corrected chi connectivity index (χ1v) is 8.24. The molecule has 2 saturated heterocycles. The monoisotopic (exact) mass is 266 g/mol. The molecule has 2 heterocycles. The second-order valence-electron chi connectivity index (χ2n) is 7.07. The van der Waals surface area contributed by atoms with E-state index in [1.54, 1.807) is 0 Å². The van der Waals surface area contributed by atoms with Gasteiger partial charge in [-0.2, -0.15) is 0 Å². The van der Waals surface area contributed by atoms with E-state index in [2.05, 4.69) is 0 Å². The summed E-state index contributed by atoms with van der Waals surface area (Å²) in [5, 5.41) is 0. The van der Waals surface area contributed by atoms with Crippen molar-refractivity contribution in [3.63, 3.8) is 0 Å². The molecule has 2 atom stereocenters. The Morgan fingerprint density at radius 2 is 1.79 bits per heavy atom. The molecule has 0 radical (unpaired) electrons. The maximum atomic E-state index is 6.16. The summed E-state index contributed by atoms with van der Waals surface area (Å²) in [4.78, 5) is 0. The van der Waals surface area contributed by atoms with Gasteiger partial charge < -0.3 is 14.2 Å². The molecule has 2 unspecified atom stereocenters. The maximum absolute atomic E-state index is 6.16. The average molecular weight is 266 g/mol. The standard InChI is InChI=1S/C16H26O3/c1-2-8-18-16(5-1)6-3-13(4-7-16)17-11-12-9-14-15(10-12)19-14/h12-15H,1-11H2. The molecule has 0 bridgehead atoms. The quantitative estimate of drug-likeness (QED) is 0.736. The van der Waals surface area contributed by atoms with E-state index in [9.17, 15) is 0 Å². The van der Waals surface area contributed by atoms with E-state index in [1.165, 1.54) is 57.8 Å². The van der Waals surface area contributed by atoms with Crippen LogP contribution in [0.5, 0.6) is 0 Å². The molecule has 2 saturated carbocycles. The molecular formula is C16H26O3. The van der Waals surface area contributed by atoms with Gasteiger partial charge in [-0.05, 0) is 63.7 Å². The SMILES string of the molecule is C1CCC2(CCC(OCC3CC4OC4C3)CC2)OC1. The van der Waals surface area contributed by atoms with Crippen LogP contribution in [-0.4, -0.2) is 37.1 Å². The molecule has 19 heavy (non-hydrogen) atoms. The third kappa shape index (κ3) is 2.70. The Kier molecular flexibility index (Phi) is 3.33. The van der Waals surface area contributed by atoms with Crippen LogP contribution >= 0.6 is 0 Å². The van der Waals surface area contributed by atoms with Crippen molar-refractivity contribution in [1.82, 2.24) is 0 Å². The molecule has 0 amide bonds. The van der Waals surface area contributed by atoms with Crippen molar-refractivity contribution in [2.45, 2.75) is 81.7 Å². The van der Waals surface area contributed by atoms with Gasteiger partial charge in [-0.15, -0.1) is 0 Å². The number of hydrogen-bond acceptors (Lipinski definition) is 3. The van der Waals surface area contributed by atoms with Gasteiger partial charge in [-0.3, -0.25) is 0 Å². The highest BCUT2D eigenvalue weighted by Crippen LogP contribution is 2.43. The smallest absolute Gasteiger partial charge is 0.0845 e. The van der Waals surface area contributed by atoms with Gasteiger partial charge in [0.05, 0.1) is 23.9 Å². The van der Waals surface area contributed by atoms with Crippen molar-refractivity contribution in [2.24, 2.45) is 5.92 Å². The summed E-state index contributed by atoms with van der Waals surface area (Å²) in [6, 6.07) is 0. The lowest BCUT2D eigenvalue weighted by Gasteiger charge is -2.42. The van der Waals surface area contributed by atoms with Gasteiger partial charge in [0.1, 0.15) is 0 Å². The van der Waals surface area contributed by atoms with Gasteiger partial charge in [-0.25, -0.2) is 0 Å². The molecule has 1 spiro atoms. The van der Waals surface area contributed by atoms with Crippen LogP contribution in [0.2, 0.25) is 0 Å². The Balaban J connectivity index is 1.20. The molecule has 2 aliphatic carbocycles. The Morgan fingerprint density at radius 1 is 1.00 bits per heavy atom. The highest BCUT2D eigenvalue weighted by atomic mass is 16.6. The predicted molar refractivity (Wildman–Crippen MR) is 72.1 cm³/mol. The number of hydrogen-bond donors (Lipinski definition) is 0. The lowest BCUT2D eigenvalue weighted by Crippen LogP contribution is -2.41. The zero-order chi connectivity index (χ0) is 12.7. The number of fused-ring (bicyclic) bond motifs is 1. The molecule has 0 aromatic carbocycles. The van der Waals surface area contributed by atoms with Gasteiger partial charge >= 0.3 is 0 Å². The van der Waals surface area contributed by atoms with Gasteiger partial charge in [0, 0.05) is 13.2 Å². The van der Waals surface area contributed by atoms with E-state index in [0.29, 0.717) is 18.3 Å². The topological polar surface area (TPSA) is 31.0 Å². The lowest BCUT2D eigenvalue weighted by molar-refractivity contribution is -0.124. The normalized spacial score (nSPS) is 49.3. The molecule has 3 nitrogen and oxygen atoms in total. The molecule has 4 fully saturated rings. The van der Waals surface area contributed by atoms with E-state index in [0.717, 1.165) is 19.1 Å². The molecule has 0 aromatic heterocycles. The lowest BCUT2D eigenvalue weighted by atomic mass is 9.78. The van der Waals surface area contributed by atoms with Gasteiger partial charge in [0.25, 0.3) is 0 Å². The first kappa shape index (κ1) is 12.6. The van der Waals surface area contributed by atoms with Crippen molar-refractivity contribution in [1.29, 1.82) is 0 Å². The van der Waals surface area contributed by atoms with E-state index >= 15 is 0 Å². The number of rotatable bonds is 3. The average Bonchev–Trinajstić information content (AvgIpc) is 3.06. The van der Waals surface area contributed by atoms with Crippen LogP contribution in [0, 0.1) is 5.92 Å². The summed E-state index contributed by atoms with van der Waals surface area (Å²) in [5.74, 6) is 0.769. The van der Waals surface area contributed by atoms with Crippen molar-refractivity contribution in [3.8, 4) is 0 Å². The highest BCUT2D eigenvalue weighted by molar-refractivity contribution is 4.96. The van der Waals surface area contributed by atoms with Crippen LogP contribution in [0.4, 0.5) is 0 Å². The zero-order valence-electron chi connectivity index (χ0n) is 11.8. The van der Waals surface area contributed by atoms with Crippen molar-refractivity contribution < 1.29 is 14.2 Å². The van der Waals surface area contributed by atoms with E-state index < -0.39 is 0 Å². The van der Waals surface area contributed by atoms with Gasteiger partial charge in [-0.1, -0.05) is 0 Å². The van der Waals surface area contributed by atoms with Gasteiger partial charge in [0.2, 0.25) is 0 Å². The molecule has 0 N–H and O–H groups in total. The minimum absolute atomic E-state index is 0.237. The van der Waals surface area contributed by atoms with Crippen molar-refractivity contribution in [3.05, 3.63) is 0 Å². The molecule has 4 rings (SSSR count). The van der Waals surface area contributed by atoms with Crippen LogP contribution in [-0.2, 0) is 14.2 Å². The fourth-order valence-electron chi connectivity index (χ4n) is 4.34. The summed E-state index contributed by atoms with van der Waals surface area (Å²) in [6.45, 7) is 1.95. The molecule has 4 aliphatic rings. The van der Waals surface area contributed by atoms with Crippen LogP contribution < -0.4 is 0 Å². The van der Waals surface area contributed by atoms with E-state index in [-0.39, 0.29) is 5.60 Å². The van der Waals surface area contributed by atoms with Crippen LogP contribution in [0.1, 0.15) is 57.8 Å². The van der Waals surface area contributed by atoms with Gasteiger partial charge in [0.15, 0.2) is 0 Å². The largest absolute Gasteiger partial charge is 0.378 e. The maximum Gasteiger partial charge on any atom is 0.0845 e. The summed E-state index contributed by atoms with van der Waals surface area (Å²) in [5.41, 5.74) is 0.237. The first-order chi connectivity index (χ1) is 9.33. The molecule has 0 aromatic rings. The number of epoxide rings is 1. The minimum atomic E-state index is 0.237. The summed E-state index contributed by atoms with van der Waals surface area (Å²) >= 11 is 0.